The molecule has 3 heteroatoms. The standard InChI is InChI=1S/C18H22N2O/c1-2-6-13-7-5-9-15(11-13)18(20-19)17-12-14-8-3-4-10-16(14)21-17/h3-5,7-11,17-18,20H,2,6,12,19H2,1H3. The topological polar surface area (TPSA) is 47.3 Å². The molecule has 3 N–H and O–H groups in total. The summed E-state index contributed by atoms with van der Waals surface area (Å²) in [6.07, 6.45) is 3.18. The first kappa shape index (κ1) is 14.1. The molecule has 3 nitrogen and oxygen atoms in total. The van der Waals surface area contributed by atoms with E-state index in [-0.39, 0.29) is 12.1 Å². The molecule has 1 heterocycles. The summed E-state index contributed by atoms with van der Waals surface area (Å²) < 4.78 is 6.07. The van der Waals surface area contributed by atoms with E-state index in [4.69, 9.17) is 10.6 Å². The summed E-state index contributed by atoms with van der Waals surface area (Å²) in [6, 6.07) is 16.8. The highest BCUT2D eigenvalue weighted by molar-refractivity contribution is 5.39. The minimum atomic E-state index is 0.00852. The molecule has 0 aromatic heterocycles. The fourth-order valence-electron chi connectivity index (χ4n) is 3.04. The molecule has 0 amide bonds. The molecule has 0 bridgehead atoms. The highest BCUT2D eigenvalue weighted by Gasteiger charge is 2.30. The van der Waals surface area contributed by atoms with Gasteiger partial charge >= 0.3 is 0 Å². The fraction of sp³-hybridized carbons (Fsp3) is 0.333. The molecule has 110 valence electrons. The van der Waals surface area contributed by atoms with Crippen LogP contribution in [0.3, 0.4) is 0 Å². The second-order valence-electron chi connectivity index (χ2n) is 5.61. The van der Waals surface area contributed by atoms with Gasteiger partial charge in [0.15, 0.2) is 0 Å². The normalized spacial score (nSPS) is 18.1. The van der Waals surface area contributed by atoms with E-state index in [0.29, 0.717) is 0 Å². The number of hydrogen-bond donors (Lipinski definition) is 2. The van der Waals surface area contributed by atoms with Gasteiger partial charge in [-0.1, -0.05) is 55.8 Å². The van der Waals surface area contributed by atoms with Crippen LogP contribution in [-0.4, -0.2) is 6.10 Å². The van der Waals surface area contributed by atoms with Gasteiger partial charge in [0.1, 0.15) is 11.9 Å². The number of aryl methyl sites for hydroxylation is 1. The number of hydrogen-bond acceptors (Lipinski definition) is 3. The van der Waals surface area contributed by atoms with Crippen LogP contribution in [0.15, 0.2) is 48.5 Å². The van der Waals surface area contributed by atoms with Crippen molar-refractivity contribution in [3.63, 3.8) is 0 Å². The second-order valence-corrected chi connectivity index (χ2v) is 5.61. The van der Waals surface area contributed by atoms with Crippen LogP contribution in [0.5, 0.6) is 5.75 Å². The van der Waals surface area contributed by atoms with Crippen molar-refractivity contribution in [2.24, 2.45) is 5.84 Å². The van der Waals surface area contributed by atoms with E-state index in [9.17, 15) is 0 Å². The quantitative estimate of drug-likeness (QED) is 0.654. The molecule has 1 aliphatic rings. The van der Waals surface area contributed by atoms with Crippen molar-refractivity contribution in [1.82, 2.24) is 5.43 Å². The predicted molar refractivity (Wildman–Crippen MR) is 85.1 cm³/mol. The Bertz CT molecular complexity index is 587. The Balaban J connectivity index is 1.82. The Morgan fingerprint density at radius 2 is 2.10 bits per heavy atom. The first-order valence-electron chi connectivity index (χ1n) is 7.61. The van der Waals surface area contributed by atoms with E-state index in [1.54, 1.807) is 0 Å². The van der Waals surface area contributed by atoms with Crippen LogP contribution >= 0.6 is 0 Å². The Morgan fingerprint density at radius 3 is 2.86 bits per heavy atom. The van der Waals surface area contributed by atoms with Gasteiger partial charge in [-0.3, -0.25) is 5.84 Å². The van der Waals surface area contributed by atoms with Crippen LogP contribution in [0.25, 0.3) is 0 Å². The maximum atomic E-state index is 6.07. The van der Waals surface area contributed by atoms with Gasteiger partial charge in [-0.2, -0.15) is 0 Å². The number of benzene rings is 2. The van der Waals surface area contributed by atoms with E-state index in [0.717, 1.165) is 25.0 Å². The van der Waals surface area contributed by atoms with Crippen molar-refractivity contribution in [2.75, 3.05) is 0 Å². The number of nitrogens with two attached hydrogens (primary N) is 1. The minimum Gasteiger partial charge on any atom is -0.488 e. The molecule has 1 aliphatic heterocycles. The first-order chi connectivity index (χ1) is 10.3. The third kappa shape index (κ3) is 2.94. The van der Waals surface area contributed by atoms with Gasteiger partial charge in [0, 0.05) is 6.42 Å². The zero-order valence-corrected chi connectivity index (χ0v) is 12.4. The molecule has 2 aromatic rings. The lowest BCUT2D eigenvalue weighted by molar-refractivity contribution is 0.179. The van der Waals surface area contributed by atoms with Crippen molar-refractivity contribution in [1.29, 1.82) is 0 Å². The number of fused-ring (bicyclic) bond motifs is 1. The van der Waals surface area contributed by atoms with Crippen molar-refractivity contribution < 1.29 is 4.74 Å². The van der Waals surface area contributed by atoms with E-state index in [1.807, 2.05) is 12.1 Å². The summed E-state index contributed by atoms with van der Waals surface area (Å²) >= 11 is 0. The molecule has 2 unspecified atom stereocenters. The van der Waals surface area contributed by atoms with Crippen molar-refractivity contribution >= 4 is 0 Å². The average Bonchev–Trinajstić information content (AvgIpc) is 2.92. The Morgan fingerprint density at radius 1 is 1.24 bits per heavy atom. The summed E-state index contributed by atoms with van der Waals surface area (Å²) in [6.45, 7) is 2.20. The van der Waals surface area contributed by atoms with Gasteiger partial charge < -0.3 is 4.74 Å². The van der Waals surface area contributed by atoms with Crippen molar-refractivity contribution in [2.45, 2.75) is 38.3 Å². The average molecular weight is 282 g/mol. The molecule has 0 radical (unpaired) electrons. The highest BCUT2D eigenvalue weighted by atomic mass is 16.5. The number of rotatable bonds is 5. The molecular weight excluding hydrogens is 260 g/mol. The lowest BCUT2D eigenvalue weighted by Gasteiger charge is -2.23. The third-order valence-corrected chi connectivity index (χ3v) is 4.07. The van der Waals surface area contributed by atoms with Crippen LogP contribution in [0.2, 0.25) is 0 Å². The van der Waals surface area contributed by atoms with E-state index < -0.39 is 0 Å². The Labute approximate surface area is 126 Å². The molecule has 0 fully saturated rings. The zero-order chi connectivity index (χ0) is 14.7. The lowest BCUT2D eigenvalue weighted by Crippen LogP contribution is -2.38. The molecule has 2 aromatic carbocycles. The largest absolute Gasteiger partial charge is 0.488 e. The number of ether oxygens (including phenoxy) is 1. The lowest BCUT2D eigenvalue weighted by atomic mass is 9.96. The molecule has 3 rings (SSSR count). The molecule has 0 aliphatic carbocycles. The van der Waals surface area contributed by atoms with Crippen LogP contribution in [0, 0.1) is 0 Å². The number of hydrazine groups is 1. The number of nitrogens with one attached hydrogen (secondary N) is 1. The first-order valence-corrected chi connectivity index (χ1v) is 7.61. The van der Waals surface area contributed by atoms with Crippen LogP contribution < -0.4 is 16.0 Å². The molecule has 0 saturated carbocycles. The monoisotopic (exact) mass is 282 g/mol. The summed E-state index contributed by atoms with van der Waals surface area (Å²) in [5.41, 5.74) is 6.74. The molecule has 2 atom stereocenters. The van der Waals surface area contributed by atoms with Crippen LogP contribution in [0.1, 0.15) is 36.1 Å². The van der Waals surface area contributed by atoms with E-state index >= 15 is 0 Å². The van der Waals surface area contributed by atoms with E-state index in [2.05, 4.69) is 48.7 Å². The minimum absolute atomic E-state index is 0.00852. The van der Waals surface area contributed by atoms with Crippen molar-refractivity contribution in [3.05, 3.63) is 65.2 Å². The Kier molecular flexibility index (Phi) is 4.23. The van der Waals surface area contributed by atoms with Crippen LogP contribution in [-0.2, 0) is 12.8 Å². The van der Waals surface area contributed by atoms with Gasteiger partial charge in [0.25, 0.3) is 0 Å². The third-order valence-electron chi connectivity index (χ3n) is 4.07. The molecule has 0 saturated heterocycles. The van der Waals surface area contributed by atoms with Crippen LogP contribution in [0.4, 0.5) is 0 Å². The van der Waals surface area contributed by atoms with Gasteiger partial charge in [0.05, 0.1) is 6.04 Å². The summed E-state index contributed by atoms with van der Waals surface area (Å²) in [5.74, 6) is 6.79. The van der Waals surface area contributed by atoms with E-state index in [1.165, 1.54) is 16.7 Å². The van der Waals surface area contributed by atoms with Gasteiger partial charge in [-0.05, 0) is 29.2 Å². The highest BCUT2D eigenvalue weighted by Crippen LogP contribution is 2.34. The van der Waals surface area contributed by atoms with Gasteiger partial charge in [-0.15, -0.1) is 0 Å². The summed E-state index contributed by atoms with van der Waals surface area (Å²) in [5, 5.41) is 0. The fourth-order valence-corrected chi connectivity index (χ4v) is 3.04. The molecular formula is C18H22N2O. The maximum Gasteiger partial charge on any atom is 0.124 e. The Hall–Kier alpha value is -1.84. The van der Waals surface area contributed by atoms with Crippen molar-refractivity contribution in [3.8, 4) is 5.75 Å². The zero-order valence-electron chi connectivity index (χ0n) is 12.4. The second kappa shape index (κ2) is 6.29. The maximum absolute atomic E-state index is 6.07. The SMILES string of the molecule is CCCc1cccc(C(NN)C2Cc3ccccc3O2)c1. The number of para-hydroxylation sites is 1. The summed E-state index contributed by atoms with van der Waals surface area (Å²) in [7, 11) is 0. The van der Waals surface area contributed by atoms with Gasteiger partial charge in [0.2, 0.25) is 0 Å². The smallest absolute Gasteiger partial charge is 0.124 e. The predicted octanol–water partition coefficient (Wildman–Crippen LogP) is 3.15. The molecule has 0 spiro atoms. The van der Waals surface area contributed by atoms with Gasteiger partial charge in [-0.25, -0.2) is 5.43 Å². The summed E-state index contributed by atoms with van der Waals surface area (Å²) in [4.78, 5) is 0. The molecule has 21 heavy (non-hydrogen) atoms.